The second-order valence-corrected chi connectivity index (χ2v) is 13.2. The molecule has 0 bridgehead atoms. The van der Waals surface area contributed by atoms with E-state index in [1.807, 2.05) is 0 Å². The number of likely N-dealkylation sites (N-methyl/N-ethyl adjacent to an activating group) is 2. The summed E-state index contributed by atoms with van der Waals surface area (Å²) in [5.74, 6) is -0.217. The number of rotatable bonds is 10. The van der Waals surface area contributed by atoms with Crippen LogP contribution in [-0.4, -0.2) is 125 Å². The van der Waals surface area contributed by atoms with Gasteiger partial charge >= 0.3 is 0 Å². The van der Waals surface area contributed by atoms with Gasteiger partial charge in [-0.15, -0.1) is 0 Å². The number of sulfonamides is 1. The van der Waals surface area contributed by atoms with Crippen LogP contribution >= 0.6 is 0 Å². The molecule has 0 aromatic heterocycles. The van der Waals surface area contributed by atoms with Crippen molar-refractivity contribution in [1.82, 2.24) is 24.3 Å². The molecule has 0 spiro atoms. The Balaban J connectivity index is 1.41. The summed E-state index contributed by atoms with van der Waals surface area (Å²) in [5.41, 5.74) is 1.32. The van der Waals surface area contributed by atoms with Crippen LogP contribution in [0, 0.1) is 5.92 Å². The van der Waals surface area contributed by atoms with E-state index < -0.39 is 15.9 Å². The maximum Gasteiger partial charge on any atom is 0.243 e. The lowest BCUT2D eigenvalue weighted by molar-refractivity contribution is -0.132. The Morgan fingerprint density at radius 2 is 1.71 bits per heavy atom. The standard InChI is InChI=1S/C27H47N5O5S/c1-20-15-24(37-6)16-21(2)27(20)38(35,36)31(5)19-25(33)28-17-26(34)30(4)18-22-7-13-32(14-8-22)23-9-11-29(3)12-10-23/h15,22-24H,7-14,16-19H2,1-6H3,(H,28,33). The van der Waals surface area contributed by atoms with Crippen molar-refractivity contribution in [1.29, 1.82) is 0 Å². The molecule has 0 aromatic rings. The van der Waals surface area contributed by atoms with Crippen molar-refractivity contribution in [3.05, 3.63) is 22.1 Å². The quantitative estimate of drug-likeness (QED) is 0.435. The predicted octanol–water partition coefficient (Wildman–Crippen LogP) is 1.27. The van der Waals surface area contributed by atoms with Gasteiger partial charge in [-0.1, -0.05) is 11.6 Å². The number of amides is 2. The molecule has 1 N–H and O–H groups in total. The minimum atomic E-state index is -3.85. The molecule has 11 heteroatoms. The summed E-state index contributed by atoms with van der Waals surface area (Å²) in [5, 5.41) is 2.60. The largest absolute Gasteiger partial charge is 0.377 e. The first-order valence-electron chi connectivity index (χ1n) is 13.7. The molecule has 216 valence electrons. The average Bonchev–Trinajstić information content (AvgIpc) is 2.87. The van der Waals surface area contributed by atoms with Crippen molar-refractivity contribution in [2.45, 2.75) is 58.1 Å². The van der Waals surface area contributed by atoms with Crippen LogP contribution in [0.25, 0.3) is 0 Å². The molecule has 2 heterocycles. The first-order chi connectivity index (χ1) is 17.9. The number of allylic oxidation sites excluding steroid dienone is 1. The number of nitrogens with one attached hydrogen (secondary N) is 1. The van der Waals surface area contributed by atoms with Gasteiger partial charge in [0.25, 0.3) is 0 Å². The number of likely N-dealkylation sites (tertiary alicyclic amines) is 2. The Morgan fingerprint density at radius 1 is 1.08 bits per heavy atom. The summed E-state index contributed by atoms with van der Waals surface area (Å²) in [7, 11) is 3.09. The van der Waals surface area contributed by atoms with Gasteiger partial charge in [-0.05, 0) is 90.7 Å². The van der Waals surface area contributed by atoms with Crippen molar-refractivity contribution in [3.63, 3.8) is 0 Å². The van der Waals surface area contributed by atoms with E-state index in [9.17, 15) is 18.0 Å². The van der Waals surface area contributed by atoms with E-state index >= 15 is 0 Å². The second kappa shape index (κ2) is 13.5. The summed E-state index contributed by atoms with van der Waals surface area (Å²) in [4.78, 5) is 32.1. The van der Waals surface area contributed by atoms with Gasteiger partial charge in [0, 0.05) is 33.8 Å². The summed E-state index contributed by atoms with van der Waals surface area (Å²) in [6.45, 7) is 8.17. The van der Waals surface area contributed by atoms with E-state index in [-0.39, 0.29) is 30.0 Å². The highest BCUT2D eigenvalue weighted by Crippen LogP contribution is 2.31. The van der Waals surface area contributed by atoms with E-state index in [0.717, 1.165) is 43.3 Å². The molecule has 10 nitrogen and oxygen atoms in total. The van der Waals surface area contributed by atoms with Crippen LogP contribution in [0.15, 0.2) is 22.1 Å². The summed E-state index contributed by atoms with van der Waals surface area (Å²) in [6, 6.07) is 0.684. The van der Waals surface area contributed by atoms with Crippen LogP contribution < -0.4 is 5.32 Å². The Hall–Kier alpha value is -1.79. The molecule has 1 atom stereocenters. The third kappa shape index (κ3) is 7.88. The first kappa shape index (κ1) is 30.7. The highest BCUT2D eigenvalue weighted by Gasteiger charge is 2.32. The molecule has 1 unspecified atom stereocenters. The number of nitrogens with zero attached hydrogens (tertiary/aromatic N) is 4. The van der Waals surface area contributed by atoms with Crippen molar-refractivity contribution < 1.29 is 22.7 Å². The van der Waals surface area contributed by atoms with Gasteiger partial charge in [0.05, 0.1) is 24.1 Å². The molecule has 38 heavy (non-hydrogen) atoms. The molecule has 2 saturated heterocycles. The van der Waals surface area contributed by atoms with Gasteiger partial charge in [0.2, 0.25) is 21.8 Å². The Bertz CT molecular complexity index is 1010. The molecule has 1 aliphatic carbocycles. The number of carbonyl (C=O) groups is 2. The lowest BCUT2D eigenvalue weighted by Crippen LogP contribution is -2.48. The van der Waals surface area contributed by atoms with Crippen LogP contribution in [-0.2, 0) is 24.3 Å². The zero-order valence-electron chi connectivity index (χ0n) is 24.0. The van der Waals surface area contributed by atoms with E-state index in [1.54, 1.807) is 39.0 Å². The number of hydrogen-bond donors (Lipinski definition) is 1. The van der Waals surface area contributed by atoms with E-state index in [4.69, 9.17) is 4.74 Å². The molecule has 3 rings (SSSR count). The van der Waals surface area contributed by atoms with Gasteiger partial charge in [-0.25, -0.2) is 8.42 Å². The third-order valence-corrected chi connectivity index (χ3v) is 10.4. The molecule has 0 saturated carbocycles. The molecule has 0 radical (unpaired) electrons. The number of carbonyl (C=O) groups excluding carboxylic acids is 2. The highest BCUT2D eigenvalue weighted by molar-refractivity contribution is 7.93. The maximum absolute atomic E-state index is 13.2. The fourth-order valence-corrected chi connectivity index (χ4v) is 7.47. The number of hydrogen-bond acceptors (Lipinski definition) is 7. The van der Waals surface area contributed by atoms with Crippen LogP contribution in [0.3, 0.4) is 0 Å². The Kier molecular flexibility index (Phi) is 10.9. The third-order valence-electron chi connectivity index (χ3n) is 8.27. The van der Waals surface area contributed by atoms with E-state index in [0.29, 0.717) is 36.1 Å². The van der Waals surface area contributed by atoms with Crippen molar-refractivity contribution in [2.75, 3.05) is 74.1 Å². The van der Waals surface area contributed by atoms with Crippen LogP contribution in [0.1, 0.15) is 46.0 Å². The topological polar surface area (TPSA) is 102 Å². The second-order valence-electron chi connectivity index (χ2n) is 11.3. The highest BCUT2D eigenvalue weighted by atomic mass is 32.2. The van der Waals surface area contributed by atoms with Gasteiger partial charge in [-0.3, -0.25) is 9.59 Å². The van der Waals surface area contributed by atoms with Gasteiger partial charge in [-0.2, -0.15) is 4.31 Å². The maximum atomic E-state index is 13.2. The molecule has 2 amide bonds. The predicted molar refractivity (Wildman–Crippen MR) is 149 cm³/mol. The Labute approximate surface area is 229 Å². The zero-order valence-corrected chi connectivity index (χ0v) is 24.8. The normalized spacial score (nSPS) is 23.0. The number of ether oxygens (including phenoxy) is 1. The van der Waals surface area contributed by atoms with Crippen molar-refractivity contribution in [2.24, 2.45) is 5.92 Å². The first-order valence-corrected chi connectivity index (χ1v) is 15.2. The summed E-state index contributed by atoms with van der Waals surface area (Å²) < 4.78 is 32.7. The lowest BCUT2D eigenvalue weighted by atomic mass is 9.93. The summed E-state index contributed by atoms with van der Waals surface area (Å²) in [6.07, 6.45) is 6.74. The molecule has 2 fully saturated rings. The lowest BCUT2D eigenvalue weighted by Gasteiger charge is -2.41. The Morgan fingerprint density at radius 3 is 2.29 bits per heavy atom. The average molecular weight is 554 g/mol. The van der Waals surface area contributed by atoms with E-state index in [1.165, 1.54) is 19.9 Å². The fraction of sp³-hybridized carbons (Fsp3) is 0.778. The van der Waals surface area contributed by atoms with Crippen LogP contribution in [0.4, 0.5) is 0 Å². The van der Waals surface area contributed by atoms with Gasteiger partial charge in [0.1, 0.15) is 0 Å². The number of piperidine rings is 2. The van der Waals surface area contributed by atoms with Gasteiger partial charge in [0.15, 0.2) is 0 Å². The van der Waals surface area contributed by atoms with Gasteiger partial charge < -0.3 is 24.8 Å². The molecular formula is C27H47N5O5S. The molecule has 3 aliphatic rings. The minimum absolute atomic E-state index is 0.145. The smallest absolute Gasteiger partial charge is 0.243 e. The minimum Gasteiger partial charge on any atom is -0.377 e. The molecular weight excluding hydrogens is 506 g/mol. The summed E-state index contributed by atoms with van der Waals surface area (Å²) >= 11 is 0. The monoisotopic (exact) mass is 553 g/mol. The van der Waals surface area contributed by atoms with Crippen LogP contribution in [0.2, 0.25) is 0 Å². The van der Waals surface area contributed by atoms with Crippen molar-refractivity contribution >= 4 is 21.8 Å². The van der Waals surface area contributed by atoms with E-state index in [2.05, 4.69) is 22.2 Å². The molecule has 2 aliphatic heterocycles. The van der Waals surface area contributed by atoms with Crippen LogP contribution in [0.5, 0.6) is 0 Å². The fourth-order valence-electron chi connectivity index (χ4n) is 5.88. The zero-order chi connectivity index (χ0) is 28.0. The SMILES string of the molecule is COC1C=C(C)C(S(=O)(=O)N(C)CC(=O)NCC(=O)N(C)CC2CCN(C3CCN(C)CC3)CC2)=C(C)C1. The molecule has 0 aromatic carbocycles. The number of methoxy groups -OCH3 is 1. The van der Waals surface area contributed by atoms with Crippen molar-refractivity contribution in [3.8, 4) is 0 Å².